The monoisotopic (exact) mass is 528 g/mol. The van der Waals surface area contributed by atoms with Gasteiger partial charge in [-0.15, -0.1) is 0 Å². The average Bonchev–Trinajstić information content (AvgIpc) is 3.50. The summed E-state index contributed by atoms with van der Waals surface area (Å²) in [6.45, 7) is 7.91. The second-order valence-electron chi connectivity index (χ2n) is 9.01. The van der Waals surface area contributed by atoms with Gasteiger partial charge in [0.05, 0.1) is 37.3 Å². The van der Waals surface area contributed by atoms with Crippen molar-refractivity contribution in [3.8, 4) is 5.75 Å². The van der Waals surface area contributed by atoms with Crippen LogP contribution in [0.25, 0.3) is 5.70 Å². The fourth-order valence-corrected chi connectivity index (χ4v) is 3.67. The largest absolute Gasteiger partial charge is 0.497 e. The van der Waals surface area contributed by atoms with E-state index in [0.717, 1.165) is 11.3 Å². The number of ether oxygens (including phenoxy) is 2. The van der Waals surface area contributed by atoms with Gasteiger partial charge in [-0.25, -0.2) is 19.4 Å². The maximum Gasteiger partial charge on any atom is 0.177 e. The SMILES string of the molecule is C=Nc1nc(C(N)=CC(=NCc2ccccc2F)c2ccon2)ncc1C(C)(C)OCc1ccc(OC)cc1. The van der Waals surface area contributed by atoms with Crippen molar-refractivity contribution in [3.63, 3.8) is 0 Å². The van der Waals surface area contributed by atoms with Gasteiger partial charge < -0.3 is 19.7 Å². The van der Waals surface area contributed by atoms with Crippen LogP contribution in [0.3, 0.4) is 0 Å². The Hall–Kier alpha value is -4.70. The lowest BCUT2D eigenvalue weighted by Gasteiger charge is -2.26. The molecule has 39 heavy (non-hydrogen) atoms. The van der Waals surface area contributed by atoms with Crippen LogP contribution in [0.15, 0.2) is 87.6 Å². The van der Waals surface area contributed by atoms with Crippen LogP contribution in [0.5, 0.6) is 5.75 Å². The third kappa shape index (κ3) is 6.79. The van der Waals surface area contributed by atoms with E-state index in [2.05, 4.69) is 31.8 Å². The molecule has 0 spiro atoms. The van der Waals surface area contributed by atoms with Crippen molar-refractivity contribution < 1.29 is 18.4 Å². The highest BCUT2D eigenvalue weighted by molar-refractivity contribution is 6.10. The van der Waals surface area contributed by atoms with E-state index in [9.17, 15) is 4.39 Å². The number of hydrogen-bond acceptors (Lipinski definition) is 9. The Balaban J connectivity index is 1.57. The summed E-state index contributed by atoms with van der Waals surface area (Å²) < 4.78 is 30.5. The van der Waals surface area contributed by atoms with Crippen molar-refractivity contribution in [2.45, 2.75) is 32.6 Å². The smallest absolute Gasteiger partial charge is 0.177 e. The zero-order valence-electron chi connectivity index (χ0n) is 22.0. The first-order chi connectivity index (χ1) is 18.8. The van der Waals surface area contributed by atoms with Crippen LogP contribution < -0.4 is 10.5 Å². The van der Waals surface area contributed by atoms with Crippen molar-refractivity contribution in [2.75, 3.05) is 7.11 Å². The van der Waals surface area contributed by atoms with Gasteiger partial charge in [0.25, 0.3) is 0 Å². The molecule has 0 atom stereocenters. The minimum Gasteiger partial charge on any atom is -0.497 e. The van der Waals surface area contributed by atoms with E-state index in [1.54, 1.807) is 43.6 Å². The number of allylic oxidation sites excluding steroid dienone is 1. The number of rotatable bonds is 11. The summed E-state index contributed by atoms with van der Waals surface area (Å²) in [5.41, 5.74) is 8.67. The molecule has 0 saturated heterocycles. The van der Waals surface area contributed by atoms with E-state index in [4.69, 9.17) is 19.7 Å². The Morgan fingerprint density at radius 1 is 1.15 bits per heavy atom. The molecule has 0 saturated carbocycles. The molecule has 2 N–H and O–H groups in total. The van der Waals surface area contributed by atoms with Gasteiger partial charge in [-0.05, 0) is 50.4 Å². The standard InChI is InChI=1S/C29H29FN6O3/c1-29(2,38-18-19-9-11-21(37-4)12-10-19)22-17-34-28(35-27(22)32-3)24(31)15-26(25-13-14-39-36-25)33-16-20-7-5-6-8-23(20)30/h5-15,17H,3,16,18,31H2,1-2,4H3. The Morgan fingerprint density at radius 2 is 1.92 bits per heavy atom. The zero-order valence-corrected chi connectivity index (χ0v) is 22.0. The first-order valence-electron chi connectivity index (χ1n) is 12.1. The predicted molar refractivity (Wildman–Crippen MR) is 147 cm³/mol. The van der Waals surface area contributed by atoms with Crippen LogP contribution in [0.2, 0.25) is 0 Å². The number of halogens is 1. The molecular weight excluding hydrogens is 499 g/mol. The molecule has 0 fully saturated rings. The average molecular weight is 529 g/mol. The molecule has 200 valence electrons. The fraction of sp³-hybridized carbons (Fsp3) is 0.207. The summed E-state index contributed by atoms with van der Waals surface area (Å²) in [7, 11) is 1.62. The van der Waals surface area contributed by atoms with Crippen molar-refractivity contribution in [1.82, 2.24) is 15.1 Å². The molecule has 2 aromatic heterocycles. The third-order valence-electron chi connectivity index (χ3n) is 5.95. The summed E-state index contributed by atoms with van der Waals surface area (Å²) >= 11 is 0. The van der Waals surface area contributed by atoms with Gasteiger partial charge in [0.1, 0.15) is 23.5 Å². The normalized spacial score (nSPS) is 12.4. The topological polar surface area (TPSA) is 121 Å². The number of methoxy groups -OCH3 is 1. The molecule has 10 heteroatoms. The van der Waals surface area contributed by atoms with E-state index in [1.807, 2.05) is 38.1 Å². The van der Waals surface area contributed by atoms with E-state index in [1.165, 1.54) is 12.3 Å². The van der Waals surface area contributed by atoms with E-state index >= 15 is 0 Å². The Kier molecular flexibility index (Phi) is 8.57. The predicted octanol–water partition coefficient (Wildman–Crippen LogP) is 5.39. The molecule has 2 heterocycles. The molecule has 4 aromatic rings. The molecule has 0 radical (unpaired) electrons. The highest BCUT2D eigenvalue weighted by Gasteiger charge is 2.27. The minimum absolute atomic E-state index is 0.0810. The van der Waals surface area contributed by atoms with Crippen molar-refractivity contribution in [3.05, 3.63) is 107 Å². The molecule has 4 rings (SSSR count). The number of benzene rings is 2. The van der Waals surface area contributed by atoms with Crippen LogP contribution >= 0.6 is 0 Å². The second-order valence-corrected chi connectivity index (χ2v) is 9.01. The van der Waals surface area contributed by atoms with E-state index in [-0.39, 0.29) is 23.9 Å². The Morgan fingerprint density at radius 3 is 2.59 bits per heavy atom. The van der Waals surface area contributed by atoms with Gasteiger partial charge in [-0.2, -0.15) is 0 Å². The van der Waals surface area contributed by atoms with Crippen LogP contribution in [0.4, 0.5) is 10.2 Å². The van der Waals surface area contributed by atoms with Crippen molar-refractivity contribution >= 4 is 23.9 Å². The van der Waals surface area contributed by atoms with Gasteiger partial charge in [0.2, 0.25) is 0 Å². The molecule has 0 amide bonds. The Labute approximate surface area is 225 Å². The maximum absolute atomic E-state index is 14.1. The highest BCUT2D eigenvalue weighted by atomic mass is 19.1. The zero-order chi connectivity index (χ0) is 27.8. The van der Waals surface area contributed by atoms with Gasteiger partial charge in [-0.1, -0.05) is 35.5 Å². The van der Waals surface area contributed by atoms with Gasteiger partial charge in [0.15, 0.2) is 11.6 Å². The lowest BCUT2D eigenvalue weighted by Crippen LogP contribution is -2.23. The summed E-state index contributed by atoms with van der Waals surface area (Å²) in [4.78, 5) is 17.6. The van der Waals surface area contributed by atoms with E-state index in [0.29, 0.717) is 35.0 Å². The van der Waals surface area contributed by atoms with Crippen LogP contribution in [0, 0.1) is 5.82 Å². The molecule has 0 aliphatic rings. The van der Waals surface area contributed by atoms with Crippen LogP contribution in [-0.2, 0) is 23.5 Å². The van der Waals surface area contributed by atoms with Gasteiger partial charge >= 0.3 is 0 Å². The minimum atomic E-state index is -0.777. The lowest BCUT2D eigenvalue weighted by atomic mass is 10.00. The van der Waals surface area contributed by atoms with E-state index < -0.39 is 5.60 Å². The third-order valence-corrected chi connectivity index (χ3v) is 5.95. The first-order valence-corrected chi connectivity index (χ1v) is 12.1. The van der Waals surface area contributed by atoms with Crippen LogP contribution in [0.1, 0.15) is 42.1 Å². The number of nitrogens with zero attached hydrogens (tertiary/aromatic N) is 5. The number of hydrogen-bond donors (Lipinski definition) is 1. The summed E-state index contributed by atoms with van der Waals surface area (Å²) in [6, 6.07) is 15.7. The molecule has 0 aliphatic heterocycles. The molecule has 0 aliphatic carbocycles. The molecule has 0 bridgehead atoms. The number of nitrogens with two attached hydrogens (primary N) is 1. The second kappa shape index (κ2) is 12.2. The van der Waals surface area contributed by atoms with Gasteiger partial charge in [0, 0.05) is 23.4 Å². The quantitative estimate of drug-likeness (QED) is 0.259. The summed E-state index contributed by atoms with van der Waals surface area (Å²) in [6.07, 6.45) is 4.59. The highest BCUT2D eigenvalue weighted by Crippen LogP contribution is 2.32. The fourth-order valence-electron chi connectivity index (χ4n) is 3.67. The Bertz CT molecular complexity index is 1480. The summed E-state index contributed by atoms with van der Waals surface area (Å²) in [5.74, 6) is 0.974. The first kappa shape index (κ1) is 27.3. The van der Waals surface area contributed by atoms with Gasteiger partial charge in [-0.3, -0.25) is 4.99 Å². The van der Waals surface area contributed by atoms with Crippen molar-refractivity contribution in [1.29, 1.82) is 0 Å². The van der Waals surface area contributed by atoms with Crippen LogP contribution in [-0.4, -0.2) is 34.7 Å². The van der Waals surface area contributed by atoms with Crippen molar-refractivity contribution in [2.24, 2.45) is 15.7 Å². The number of aliphatic imine (C=N–C) groups is 2. The summed E-state index contributed by atoms with van der Waals surface area (Å²) in [5, 5.41) is 3.94. The molecule has 9 nitrogen and oxygen atoms in total. The lowest BCUT2D eigenvalue weighted by molar-refractivity contribution is -0.0336. The molecule has 0 unspecified atom stereocenters. The molecular formula is C29H29FN6O3. The molecule has 2 aromatic carbocycles. The number of aromatic nitrogens is 3. The maximum atomic E-state index is 14.1.